The lowest BCUT2D eigenvalue weighted by atomic mass is 10.2. The Morgan fingerprint density at radius 1 is 1.30 bits per heavy atom. The molecule has 0 aliphatic rings. The Kier molecular flexibility index (Phi) is 4.13. The van der Waals surface area contributed by atoms with Crippen molar-refractivity contribution >= 4 is 10.0 Å². The van der Waals surface area contributed by atoms with Crippen LogP contribution in [0.1, 0.15) is 16.8 Å². The molecule has 0 amide bonds. The summed E-state index contributed by atoms with van der Waals surface area (Å²) in [5.41, 5.74) is 1.54. The first kappa shape index (κ1) is 14.2. The standard InChI is InChI=1S/C14H13N3O2S/c1-11-5-6-12(9-15)8-14(11)20(18,19)17-10-13-4-2-3-7-16-13/h2-8,17H,10H2,1H3. The second-order valence-corrected chi connectivity index (χ2v) is 5.97. The van der Waals surface area contributed by atoms with Crippen LogP contribution >= 0.6 is 0 Å². The molecule has 1 aromatic carbocycles. The first-order chi connectivity index (χ1) is 9.53. The molecule has 2 rings (SSSR count). The van der Waals surface area contributed by atoms with Gasteiger partial charge in [0.1, 0.15) is 0 Å². The third kappa shape index (κ3) is 3.20. The van der Waals surface area contributed by atoms with Crippen LogP contribution in [0.2, 0.25) is 0 Å². The number of nitrogens with zero attached hydrogens (tertiary/aromatic N) is 2. The molecular formula is C14H13N3O2S. The molecule has 6 heteroatoms. The number of sulfonamides is 1. The lowest BCUT2D eigenvalue weighted by molar-refractivity contribution is 0.580. The zero-order chi connectivity index (χ0) is 14.6. The van der Waals surface area contributed by atoms with E-state index in [1.54, 1.807) is 43.5 Å². The van der Waals surface area contributed by atoms with E-state index < -0.39 is 10.0 Å². The van der Waals surface area contributed by atoms with Crippen LogP contribution in [0.15, 0.2) is 47.5 Å². The number of aromatic nitrogens is 1. The molecule has 5 nitrogen and oxygen atoms in total. The van der Waals surface area contributed by atoms with Crippen LogP contribution in [-0.4, -0.2) is 13.4 Å². The number of nitriles is 1. The highest BCUT2D eigenvalue weighted by molar-refractivity contribution is 7.89. The predicted molar refractivity (Wildman–Crippen MR) is 74.2 cm³/mol. The van der Waals surface area contributed by atoms with Crippen molar-refractivity contribution in [3.8, 4) is 6.07 Å². The number of aryl methyl sites for hydroxylation is 1. The number of hydrogen-bond acceptors (Lipinski definition) is 4. The van der Waals surface area contributed by atoms with E-state index in [1.165, 1.54) is 6.07 Å². The van der Waals surface area contributed by atoms with Crippen molar-refractivity contribution in [3.63, 3.8) is 0 Å². The molecule has 20 heavy (non-hydrogen) atoms. The van der Waals surface area contributed by atoms with Crippen LogP contribution in [0, 0.1) is 18.3 Å². The number of hydrogen-bond donors (Lipinski definition) is 1. The van der Waals surface area contributed by atoms with Crippen molar-refractivity contribution < 1.29 is 8.42 Å². The highest BCUT2D eigenvalue weighted by Gasteiger charge is 2.17. The molecule has 2 aromatic rings. The maximum atomic E-state index is 12.2. The van der Waals surface area contributed by atoms with Crippen molar-refractivity contribution in [2.75, 3.05) is 0 Å². The molecule has 1 aromatic heterocycles. The van der Waals surface area contributed by atoms with E-state index in [0.29, 0.717) is 16.8 Å². The van der Waals surface area contributed by atoms with Gasteiger partial charge in [-0.1, -0.05) is 12.1 Å². The van der Waals surface area contributed by atoms with Gasteiger partial charge in [0, 0.05) is 6.20 Å². The monoisotopic (exact) mass is 287 g/mol. The van der Waals surface area contributed by atoms with E-state index in [0.717, 1.165) is 0 Å². The van der Waals surface area contributed by atoms with Crippen LogP contribution in [0.4, 0.5) is 0 Å². The summed E-state index contributed by atoms with van der Waals surface area (Å²) >= 11 is 0. The van der Waals surface area contributed by atoms with Gasteiger partial charge < -0.3 is 0 Å². The second-order valence-electron chi connectivity index (χ2n) is 4.24. The van der Waals surface area contributed by atoms with Gasteiger partial charge in [-0.05, 0) is 36.8 Å². The molecule has 102 valence electrons. The minimum atomic E-state index is -3.66. The Hall–Kier alpha value is -2.23. The first-order valence-corrected chi connectivity index (χ1v) is 7.41. The fourth-order valence-electron chi connectivity index (χ4n) is 1.71. The van der Waals surface area contributed by atoms with Gasteiger partial charge in [0.25, 0.3) is 0 Å². The molecular weight excluding hydrogens is 274 g/mol. The van der Waals surface area contributed by atoms with Gasteiger partial charge in [-0.3, -0.25) is 4.98 Å². The summed E-state index contributed by atoms with van der Waals surface area (Å²) in [5.74, 6) is 0. The summed E-state index contributed by atoms with van der Waals surface area (Å²) in [6.07, 6.45) is 1.60. The largest absolute Gasteiger partial charge is 0.260 e. The van der Waals surface area contributed by atoms with Crippen LogP contribution in [0.3, 0.4) is 0 Å². The molecule has 0 saturated heterocycles. The van der Waals surface area contributed by atoms with Crippen molar-refractivity contribution in [1.29, 1.82) is 5.26 Å². The summed E-state index contributed by atoms with van der Waals surface area (Å²) in [4.78, 5) is 4.17. The molecule has 0 radical (unpaired) electrons. The van der Waals surface area contributed by atoms with Crippen molar-refractivity contribution in [1.82, 2.24) is 9.71 Å². The zero-order valence-electron chi connectivity index (χ0n) is 10.9. The Morgan fingerprint density at radius 2 is 2.10 bits per heavy atom. The lowest BCUT2D eigenvalue weighted by Crippen LogP contribution is -2.24. The van der Waals surface area contributed by atoms with Crippen LogP contribution < -0.4 is 4.72 Å². The Bertz CT molecular complexity index is 750. The average molecular weight is 287 g/mol. The number of benzene rings is 1. The van der Waals surface area contributed by atoms with Gasteiger partial charge in [0.15, 0.2) is 0 Å². The van der Waals surface area contributed by atoms with E-state index in [1.807, 2.05) is 6.07 Å². The van der Waals surface area contributed by atoms with E-state index in [9.17, 15) is 8.42 Å². The Morgan fingerprint density at radius 3 is 2.75 bits per heavy atom. The second kappa shape index (κ2) is 5.82. The van der Waals surface area contributed by atoms with E-state index in [2.05, 4.69) is 9.71 Å². The smallest absolute Gasteiger partial charge is 0.241 e. The summed E-state index contributed by atoms with van der Waals surface area (Å²) in [6, 6.07) is 11.8. The topological polar surface area (TPSA) is 82.8 Å². The third-order valence-corrected chi connectivity index (χ3v) is 4.32. The number of rotatable bonds is 4. The van der Waals surface area contributed by atoms with E-state index in [4.69, 9.17) is 5.26 Å². The van der Waals surface area contributed by atoms with Crippen LogP contribution in [-0.2, 0) is 16.6 Å². The summed E-state index contributed by atoms with van der Waals surface area (Å²) < 4.78 is 27.0. The van der Waals surface area contributed by atoms with Crippen LogP contribution in [0.25, 0.3) is 0 Å². The van der Waals surface area contributed by atoms with Gasteiger partial charge in [0.2, 0.25) is 10.0 Å². The zero-order valence-corrected chi connectivity index (χ0v) is 11.7. The van der Waals surface area contributed by atoms with Crippen molar-refractivity contribution in [3.05, 3.63) is 59.4 Å². The number of pyridine rings is 1. The predicted octanol–water partition coefficient (Wildman–Crippen LogP) is 1.74. The fourth-order valence-corrected chi connectivity index (χ4v) is 2.98. The highest BCUT2D eigenvalue weighted by Crippen LogP contribution is 2.16. The summed E-state index contributed by atoms with van der Waals surface area (Å²) in [7, 11) is -3.66. The fraction of sp³-hybridized carbons (Fsp3) is 0.143. The highest BCUT2D eigenvalue weighted by atomic mass is 32.2. The molecule has 0 saturated carbocycles. The minimum Gasteiger partial charge on any atom is -0.260 e. The normalized spacial score (nSPS) is 11.0. The average Bonchev–Trinajstić information content (AvgIpc) is 2.47. The number of nitrogens with one attached hydrogen (secondary N) is 1. The molecule has 0 spiro atoms. The van der Waals surface area contributed by atoms with Crippen molar-refractivity contribution in [2.24, 2.45) is 0 Å². The van der Waals surface area contributed by atoms with Gasteiger partial charge in [0.05, 0.1) is 28.8 Å². The van der Waals surface area contributed by atoms with Crippen molar-refractivity contribution in [2.45, 2.75) is 18.4 Å². The maximum Gasteiger partial charge on any atom is 0.241 e. The molecule has 1 heterocycles. The quantitative estimate of drug-likeness (QED) is 0.928. The van der Waals surface area contributed by atoms with Crippen LogP contribution in [0.5, 0.6) is 0 Å². The summed E-state index contributed by atoms with van der Waals surface area (Å²) in [5, 5.41) is 8.85. The van der Waals surface area contributed by atoms with E-state index >= 15 is 0 Å². The van der Waals surface area contributed by atoms with Gasteiger partial charge in [-0.25, -0.2) is 13.1 Å². The van der Waals surface area contributed by atoms with Gasteiger partial charge >= 0.3 is 0 Å². The molecule has 0 bridgehead atoms. The summed E-state index contributed by atoms with van der Waals surface area (Å²) in [6.45, 7) is 1.80. The Labute approximate surface area is 118 Å². The molecule has 0 aliphatic heterocycles. The third-order valence-electron chi connectivity index (χ3n) is 2.78. The van der Waals surface area contributed by atoms with Gasteiger partial charge in [-0.15, -0.1) is 0 Å². The molecule has 0 fully saturated rings. The molecule has 0 atom stereocenters. The minimum absolute atomic E-state index is 0.111. The maximum absolute atomic E-state index is 12.2. The van der Waals surface area contributed by atoms with Gasteiger partial charge in [-0.2, -0.15) is 5.26 Å². The molecule has 1 N–H and O–H groups in total. The SMILES string of the molecule is Cc1ccc(C#N)cc1S(=O)(=O)NCc1ccccn1. The van der Waals surface area contributed by atoms with E-state index in [-0.39, 0.29) is 11.4 Å². The lowest BCUT2D eigenvalue weighted by Gasteiger charge is -2.09. The molecule has 0 aliphatic carbocycles. The Balaban J connectivity index is 2.25. The molecule has 0 unspecified atom stereocenters. The first-order valence-electron chi connectivity index (χ1n) is 5.93.